The van der Waals surface area contributed by atoms with Gasteiger partial charge in [-0.05, 0) is 42.8 Å². The third kappa shape index (κ3) is 4.36. The number of aromatic nitrogens is 3. The average Bonchev–Trinajstić information content (AvgIpc) is 3.42. The number of nitro groups is 1. The number of thiazole rings is 1. The Morgan fingerprint density at radius 3 is 2.55 bits per heavy atom. The zero-order chi connectivity index (χ0) is 23.5. The first kappa shape index (κ1) is 21.9. The van der Waals surface area contributed by atoms with Crippen LogP contribution in [0.3, 0.4) is 0 Å². The number of H-pyrrole nitrogens is 1. The second-order valence-corrected chi connectivity index (χ2v) is 7.78. The molecule has 0 saturated carbocycles. The number of benzene rings is 2. The van der Waals surface area contributed by atoms with Crippen LogP contribution in [0.1, 0.15) is 5.69 Å². The smallest absolute Gasteiger partial charge is 0.301 e. The number of methoxy groups -OCH3 is 2. The van der Waals surface area contributed by atoms with Crippen LogP contribution in [-0.2, 0) is 0 Å². The molecule has 0 aliphatic rings. The van der Waals surface area contributed by atoms with E-state index in [1.807, 2.05) is 24.3 Å². The lowest BCUT2D eigenvalue weighted by Crippen LogP contribution is -2.13. The highest BCUT2D eigenvalue weighted by Crippen LogP contribution is 2.33. The Hall–Kier alpha value is -4.32. The fraction of sp³-hybridized carbons (Fsp3) is 0.143. The predicted molar refractivity (Wildman–Crippen MR) is 123 cm³/mol. The first-order valence-corrected chi connectivity index (χ1v) is 10.4. The molecule has 0 unspecified atom stereocenters. The molecule has 0 fully saturated rings. The van der Waals surface area contributed by atoms with E-state index < -0.39 is 10.5 Å². The van der Waals surface area contributed by atoms with Crippen molar-refractivity contribution in [3.63, 3.8) is 0 Å². The molecular weight excluding hydrogens is 448 g/mol. The van der Waals surface area contributed by atoms with Crippen molar-refractivity contribution >= 4 is 28.4 Å². The molecule has 0 aliphatic carbocycles. The minimum Gasteiger partial charge on any atom is -0.497 e. The first-order valence-electron chi connectivity index (χ1n) is 9.57. The van der Waals surface area contributed by atoms with E-state index in [0.29, 0.717) is 16.6 Å². The zero-order valence-corrected chi connectivity index (χ0v) is 18.6. The lowest BCUT2D eigenvalue weighted by molar-refractivity contribution is -0.384. The van der Waals surface area contributed by atoms with Crippen molar-refractivity contribution in [2.75, 3.05) is 14.2 Å². The number of nitrogens with one attached hydrogen (secondary N) is 1. The molecule has 4 rings (SSSR count). The van der Waals surface area contributed by atoms with Crippen molar-refractivity contribution in [2.45, 2.75) is 6.92 Å². The number of azo groups is 1. The van der Waals surface area contributed by atoms with Crippen LogP contribution in [0.5, 0.6) is 11.5 Å². The van der Waals surface area contributed by atoms with Crippen LogP contribution in [-0.4, -0.2) is 33.9 Å². The van der Waals surface area contributed by atoms with Crippen molar-refractivity contribution in [3.8, 4) is 27.1 Å². The van der Waals surface area contributed by atoms with Crippen LogP contribution in [0.4, 0.5) is 17.1 Å². The maximum absolute atomic E-state index is 13.0. The molecule has 0 aliphatic heterocycles. The summed E-state index contributed by atoms with van der Waals surface area (Å²) in [6.45, 7) is 1.68. The summed E-state index contributed by atoms with van der Waals surface area (Å²) in [5.74, 6) is 1.04. The fourth-order valence-corrected chi connectivity index (χ4v) is 3.90. The van der Waals surface area contributed by atoms with Crippen molar-refractivity contribution < 1.29 is 14.4 Å². The average molecular weight is 466 g/mol. The van der Waals surface area contributed by atoms with Crippen LogP contribution in [0.2, 0.25) is 0 Å². The second-order valence-electron chi connectivity index (χ2n) is 6.77. The van der Waals surface area contributed by atoms with Gasteiger partial charge in [0, 0.05) is 18.3 Å². The molecule has 0 amide bonds. The molecule has 2 heterocycles. The molecule has 2 aromatic carbocycles. The molecule has 12 heteroatoms. The minimum absolute atomic E-state index is 0.0600. The summed E-state index contributed by atoms with van der Waals surface area (Å²) in [6, 6.07) is 11.5. The van der Waals surface area contributed by atoms with Gasteiger partial charge >= 0.3 is 5.56 Å². The van der Waals surface area contributed by atoms with E-state index in [1.165, 1.54) is 41.3 Å². The lowest BCUT2D eigenvalue weighted by Gasteiger charge is -2.02. The molecular formula is C21H18N6O5S. The lowest BCUT2D eigenvalue weighted by atomic mass is 10.2. The molecule has 33 heavy (non-hydrogen) atoms. The van der Waals surface area contributed by atoms with Gasteiger partial charge in [-0.25, -0.2) is 4.98 Å². The van der Waals surface area contributed by atoms with Gasteiger partial charge in [0.05, 0.1) is 29.7 Å². The molecule has 2 aromatic heterocycles. The van der Waals surface area contributed by atoms with Crippen LogP contribution in [0.25, 0.3) is 15.6 Å². The highest BCUT2D eigenvalue weighted by molar-refractivity contribution is 7.17. The van der Waals surface area contributed by atoms with E-state index in [9.17, 15) is 14.9 Å². The number of nitrogens with zero attached hydrogens (tertiary/aromatic N) is 5. The minimum atomic E-state index is -0.546. The Balaban J connectivity index is 1.66. The maximum atomic E-state index is 13.0. The Labute approximate surface area is 191 Å². The summed E-state index contributed by atoms with van der Waals surface area (Å²) in [7, 11) is 3.02. The highest BCUT2D eigenvalue weighted by Gasteiger charge is 2.16. The number of hydrogen-bond donors (Lipinski definition) is 1. The second kappa shape index (κ2) is 9.04. The third-order valence-electron chi connectivity index (χ3n) is 4.73. The fourth-order valence-electron chi connectivity index (χ4n) is 3.02. The van der Waals surface area contributed by atoms with E-state index in [4.69, 9.17) is 9.47 Å². The molecule has 0 bridgehead atoms. The number of nitro benzene ring substituents is 1. The van der Waals surface area contributed by atoms with E-state index in [0.717, 1.165) is 16.2 Å². The Bertz CT molecular complexity index is 1400. The number of aromatic amines is 1. The number of aryl methyl sites for hydroxylation is 1. The summed E-state index contributed by atoms with van der Waals surface area (Å²) in [4.78, 5) is 28.7. The van der Waals surface area contributed by atoms with Gasteiger partial charge in [0.15, 0.2) is 5.69 Å². The van der Waals surface area contributed by atoms with Crippen molar-refractivity contribution in [2.24, 2.45) is 10.2 Å². The molecule has 1 N–H and O–H groups in total. The first-order chi connectivity index (χ1) is 15.9. The molecule has 0 saturated heterocycles. The van der Waals surface area contributed by atoms with E-state index in [-0.39, 0.29) is 17.1 Å². The molecule has 4 aromatic rings. The van der Waals surface area contributed by atoms with Crippen LogP contribution < -0.4 is 15.0 Å². The van der Waals surface area contributed by atoms with Gasteiger partial charge in [0.1, 0.15) is 17.2 Å². The quantitative estimate of drug-likeness (QED) is 0.233. The highest BCUT2D eigenvalue weighted by atomic mass is 32.1. The Morgan fingerprint density at radius 2 is 1.88 bits per heavy atom. The van der Waals surface area contributed by atoms with Crippen LogP contribution in [0.15, 0.2) is 63.7 Å². The van der Waals surface area contributed by atoms with Gasteiger partial charge in [-0.15, -0.1) is 10.2 Å². The number of rotatable bonds is 7. The number of non-ortho nitro benzene ring substituents is 1. The van der Waals surface area contributed by atoms with E-state index >= 15 is 0 Å². The van der Waals surface area contributed by atoms with Crippen LogP contribution >= 0.6 is 11.3 Å². The molecule has 0 atom stereocenters. The van der Waals surface area contributed by atoms with Crippen LogP contribution in [0, 0.1) is 17.0 Å². The van der Waals surface area contributed by atoms with E-state index in [2.05, 4.69) is 20.3 Å². The molecule has 0 spiro atoms. The van der Waals surface area contributed by atoms with Gasteiger partial charge in [0.2, 0.25) is 5.13 Å². The van der Waals surface area contributed by atoms with Crippen molar-refractivity contribution in [1.82, 2.24) is 14.8 Å². The van der Waals surface area contributed by atoms with Crippen molar-refractivity contribution in [1.29, 1.82) is 0 Å². The van der Waals surface area contributed by atoms with Gasteiger partial charge in [0.25, 0.3) is 5.69 Å². The molecule has 168 valence electrons. The largest absolute Gasteiger partial charge is 0.497 e. The summed E-state index contributed by atoms with van der Waals surface area (Å²) >= 11 is 1.33. The normalized spacial score (nSPS) is 11.1. The molecule has 0 radical (unpaired) electrons. The van der Waals surface area contributed by atoms with Gasteiger partial charge in [-0.2, -0.15) is 4.68 Å². The summed E-state index contributed by atoms with van der Waals surface area (Å²) in [5.41, 5.74) is 0.986. The maximum Gasteiger partial charge on any atom is 0.301 e. The topological polar surface area (TPSA) is 137 Å². The number of hydrogen-bond acceptors (Lipinski definition) is 9. The third-order valence-corrected chi connectivity index (χ3v) is 5.76. The predicted octanol–water partition coefficient (Wildman–Crippen LogP) is 4.94. The Morgan fingerprint density at radius 1 is 1.12 bits per heavy atom. The van der Waals surface area contributed by atoms with Gasteiger partial charge in [-0.3, -0.25) is 20.0 Å². The zero-order valence-electron chi connectivity index (χ0n) is 17.8. The SMILES string of the molecule is COc1ccc(-c2cnc(-n3[nH]c(C)c(N=Nc4cc([N+](=O)[O-])ccc4OC)c3=O)s2)cc1. The summed E-state index contributed by atoms with van der Waals surface area (Å²) in [5, 5.41) is 22.5. The summed E-state index contributed by atoms with van der Waals surface area (Å²) in [6.07, 6.45) is 1.68. The standard InChI is InChI=1S/C21H18N6O5S/c1-12-19(24-23-16-10-14(27(29)30)6-9-17(16)32-3)20(28)26(25-12)21-22-11-18(33-21)13-4-7-15(31-2)8-5-13/h4-11,25H,1-3H3. The Kier molecular flexibility index (Phi) is 6.00. The molecule has 11 nitrogen and oxygen atoms in total. The van der Waals surface area contributed by atoms with E-state index in [1.54, 1.807) is 20.2 Å². The monoisotopic (exact) mass is 466 g/mol. The van der Waals surface area contributed by atoms with Crippen molar-refractivity contribution in [3.05, 3.63) is 74.8 Å². The van der Waals surface area contributed by atoms with Gasteiger partial charge < -0.3 is 9.47 Å². The summed E-state index contributed by atoms with van der Waals surface area (Å²) < 4.78 is 11.6. The van der Waals surface area contributed by atoms with Gasteiger partial charge in [-0.1, -0.05) is 11.3 Å². The number of ether oxygens (including phenoxy) is 2.